The van der Waals surface area contributed by atoms with Gasteiger partial charge in [0.2, 0.25) is 0 Å². The third kappa shape index (κ3) is 2.79. The number of amides is 1. The first kappa shape index (κ1) is 12.0. The molecule has 0 aliphatic carbocycles. The molecule has 1 fully saturated rings. The number of carbonyl (C=O) groups is 1. The van der Waals surface area contributed by atoms with E-state index in [2.05, 4.69) is 9.97 Å². The van der Waals surface area contributed by atoms with E-state index in [0.717, 1.165) is 32.2 Å². The third-order valence-electron chi connectivity index (χ3n) is 3.19. The molecular formula is C12H18N4O. The van der Waals surface area contributed by atoms with Gasteiger partial charge >= 0.3 is 0 Å². The highest BCUT2D eigenvalue weighted by Crippen LogP contribution is 2.22. The minimum Gasteiger partial charge on any atom is -0.336 e. The smallest absolute Gasteiger partial charge is 0.257 e. The lowest BCUT2D eigenvalue weighted by atomic mass is 10.1. The summed E-state index contributed by atoms with van der Waals surface area (Å²) in [5.74, 6) is 0.0464. The second-order valence-electron chi connectivity index (χ2n) is 4.35. The molecule has 17 heavy (non-hydrogen) atoms. The summed E-state index contributed by atoms with van der Waals surface area (Å²) in [5.41, 5.74) is 6.09. The van der Waals surface area contributed by atoms with Gasteiger partial charge < -0.3 is 10.6 Å². The van der Waals surface area contributed by atoms with Crippen LogP contribution in [0.15, 0.2) is 18.7 Å². The van der Waals surface area contributed by atoms with Gasteiger partial charge in [-0.05, 0) is 32.2 Å². The number of carbonyl (C=O) groups excluding carboxylic acids is 1. The number of aromatic nitrogens is 2. The van der Waals surface area contributed by atoms with E-state index in [0.29, 0.717) is 18.2 Å². The van der Waals surface area contributed by atoms with Crippen molar-refractivity contribution in [2.75, 3.05) is 13.1 Å². The largest absolute Gasteiger partial charge is 0.336 e. The van der Waals surface area contributed by atoms with Gasteiger partial charge in [0.15, 0.2) is 0 Å². The van der Waals surface area contributed by atoms with Crippen molar-refractivity contribution in [2.45, 2.75) is 31.7 Å². The topological polar surface area (TPSA) is 72.1 Å². The van der Waals surface area contributed by atoms with Crippen molar-refractivity contribution in [3.8, 4) is 0 Å². The van der Waals surface area contributed by atoms with Crippen LogP contribution in [0.5, 0.6) is 0 Å². The van der Waals surface area contributed by atoms with Crippen molar-refractivity contribution >= 4 is 5.91 Å². The van der Waals surface area contributed by atoms with E-state index in [1.807, 2.05) is 4.90 Å². The quantitative estimate of drug-likeness (QED) is 0.837. The van der Waals surface area contributed by atoms with Gasteiger partial charge in [-0.2, -0.15) is 0 Å². The Morgan fingerprint density at radius 1 is 1.47 bits per heavy atom. The average Bonchev–Trinajstić information content (AvgIpc) is 2.84. The Hall–Kier alpha value is -1.49. The van der Waals surface area contributed by atoms with Crippen LogP contribution >= 0.6 is 0 Å². The SMILES string of the molecule is NCCCC1CCCN1C(=O)c1cncnc1. The Morgan fingerprint density at radius 3 is 2.94 bits per heavy atom. The standard InChI is InChI=1S/C12H18N4O/c13-5-1-3-11-4-2-6-16(11)12(17)10-7-14-9-15-8-10/h7-9,11H,1-6,13H2. The van der Waals surface area contributed by atoms with Crippen LogP contribution < -0.4 is 5.73 Å². The molecule has 5 heteroatoms. The summed E-state index contributed by atoms with van der Waals surface area (Å²) in [5, 5.41) is 0. The molecule has 1 amide bonds. The van der Waals surface area contributed by atoms with Gasteiger partial charge in [-0.3, -0.25) is 4.79 Å². The zero-order valence-electron chi connectivity index (χ0n) is 9.88. The van der Waals surface area contributed by atoms with Crippen LogP contribution in [0.4, 0.5) is 0 Å². The first-order chi connectivity index (χ1) is 8.33. The molecular weight excluding hydrogens is 216 g/mol. The van der Waals surface area contributed by atoms with Crippen LogP contribution in [0.3, 0.4) is 0 Å². The monoisotopic (exact) mass is 234 g/mol. The fourth-order valence-electron chi connectivity index (χ4n) is 2.33. The van der Waals surface area contributed by atoms with Crippen molar-refractivity contribution in [1.29, 1.82) is 0 Å². The molecule has 1 saturated heterocycles. The number of rotatable bonds is 4. The highest BCUT2D eigenvalue weighted by Gasteiger charge is 2.28. The van der Waals surface area contributed by atoms with Gasteiger partial charge in [0, 0.05) is 25.0 Å². The van der Waals surface area contributed by atoms with Crippen LogP contribution in [-0.2, 0) is 0 Å². The number of nitrogens with two attached hydrogens (primary N) is 1. The van der Waals surface area contributed by atoms with Crippen LogP contribution in [0.1, 0.15) is 36.0 Å². The summed E-state index contributed by atoms with van der Waals surface area (Å²) in [6, 6.07) is 0.339. The average molecular weight is 234 g/mol. The Bertz CT molecular complexity index is 368. The number of hydrogen-bond donors (Lipinski definition) is 1. The molecule has 0 aromatic carbocycles. The van der Waals surface area contributed by atoms with Crippen LogP contribution in [0.2, 0.25) is 0 Å². The molecule has 0 spiro atoms. The van der Waals surface area contributed by atoms with E-state index in [1.165, 1.54) is 6.33 Å². The highest BCUT2D eigenvalue weighted by atomic mass is 16.2. The van der Waals surface area contributed by atoms with Gasteiger partial charge in [-0.1, -0.05) is 0 Å². The van der Waals surface area contributed by atoms with E-state index in [1.54, 1.807) is 12.4 Å². The van der Waals surface area contributed by atoms with Gasteiger partial charge in [-0.25, -0.2) is 9.97 Å². The fourth-order valence-corrected chi connectivity index (χ4v) is 2.33. The van der Waals surface area contributed by atoms with Gasteiger partial charge in [0.25, 0.3) is 5.91 Å². The van der Waals surface area contributed by atoms with Crippen molar-refractivity contribution < 1.29 is 4.79 Å². The maximum Gasteiger partial charge on any atom is 0.257 e. The third-order valence-corrected chi connectivity index (χ3v) is 3.19. The summed E-state index contributed by atoms with van der Waals surface area (Å²) in [6.07, 6.45) is 8.72. The van der Waals surface area contributed by atoms with E-state index in [-0.39, 0.29) is 5.91 Å². The molecule has 2 heterocycles. The predicted molar refractivity (Wildman–Crippen MR) is 64.4 cm³/mol. The minimum atomic E-state index is 0.0464. The molecule has 2 rings (SSSR count). The molecule has 2 N–H and O–H groups in total. The molecule has 92 valence electrons. The highest BCUT2D eigenvalue weighted by molar-refractivity contribution is 5.93. The fraction of sp³-hybridized carbons (Fsp3) is 0.583. The van der Waals surface area contributed by atoms with E-state index in [9.17, 15) is 4.79 Å². The van der Waals surface area contributed by atoms with Crippen LogP contribution in [0, 0.1) is 0 Å². The maximum absolute atomic E-state index is 12.2. The Morgan fingerprint density at radius 2 is 2.24 bits per heavy atom. The van der Waals surface area contributed by atoms with Crippen molar-refractivity contribution in [1.82, 2.24) is 14.9 Å². The molecule has 1 unspecified atom stereocenters. The Balaban J connectivity index is 2.03. The van der Waals surface area contributed by atoms with E-state index < -0.39 is 0 Å². The van der Waals surface area contributed by atoms with E-state index >= 15 is 0 Å². The lowest BCUT2D eigenvalue weighted by molar-refractivity contribution is 0.0728. The maximum atomic E-state index is 12.2. The van der Waals surface area contributed by atoms with Crippen LogP contribution in [-0.4, -0.2) is 39.9 Å². The molecule has 1 aromatic rings. The summed E-state index contributed by atoms with van der Waals surface area (Å²) in [4.78, 5) is 21.9. The second-order valence-corrected chi connectivity index (χ2v) is 4.35. The summed E-state index contributed by atoms with van der Waals surface area (Å²) in [7, 11) is 0. The molecule has 1 atom stereocenters. The zero-order valence-corrected chi connectivity index (χ0v) is 9.88. The molecule has 0 saturated carbocycles. The normalized spacial score (nSPS) is 19.6. The first-order valence-electron chi connectivity index (χ1n) is 6.09. The zero-order chi connectivity index (χ0) is 12.1. The first-order valence-corrected chi connectivity index (χ1v) is 6.09. The van der Waals surface area contributed by atoms with Gasteiger partial charge in [0.1, 0.15) is 6.33 Å². The summed E-state index contributed by atoms with van der Waals surface area (Å²) >= 11 is 0. The number of likely N-dealkylation sites (tertiary alicyclic amines) is 1. The van der Waals surface area contributed by atoms with Crippen molar-refractivity contribution in [3.63, 3.8) is 0 Å². The number of nitrogens with zero attached hydrogens (tertiary/aromatic N) is 3. The van der Waals surface area contributed by atoms with Crippen molar-refractivity contribution in [3.05, 3.63) is 24.3 Å². The predicted octanol–water partition coefficient (Wildman–Crippen LogP) is 0.820. The lowest BCUT2D eigenvalue weighted by Gasteiger charge is -2.24. The Labute approximate surface area is 101 Å². The molecule has 1 aromatic heterocycles. The summed E-state index contributed by atoms with van der Waals surface area (Å²) < 4.78 is 0. The molecule has 1 aliphatic heterocycles. The summed E-state index contributed by atoms with van der Waals surface area (Å²) in [6.45, 7) is 1.52. The van der Waals surface area contributed by atoms with Gasteiger partial charge in [0.05, 0.1) is 5.56 Å². The van der Waals surface area contributed by atoms with Gasteiger partial charge in [-0.15, -0.1) is 0 Å². The van der Waals surface area contributed by atoms with Crippen molar-refractivity contribution in [2.24, 2.45) is 5.73 Å². The number of hydrogen-bond acceptors (Lipinski definition) is 4. The van der Waals surface area contributed by atoms with E-state index in [4.69, 9.17) is 5.73 Å². The minimum absolute atomic E-state index is 0.0464. The second kappa shape index (κ2) is 5.72. The molecule has 5 nitrogen and oxygen atoms in total. The molecule has 1 aliphatic rings. The van der Waals surface area contributed by atoms with Crippen LogP contribution in [0.25, 0.3) is 0 Å². The molecule has 0 bridgehead atoms. The lowest BCUT2D eigenvalue weighted by Crippen LogP contribution is -2.35. The molecule has 0 radical (unpaired) electrons. The Kier molecular flexibility index (Phi) is 4.03.